The van der Waals surface area contributed by atoms with Crippen LogP contribution in [-0.4, -0.2) is 5.91 Å². The fourth-order valence-corrected chi connectivity index (χ4v) is 3.12. The second-order valence-corrected chi connectivity index (χ2v) is 7.00. The van der Waals surface area contributed by atoms with Crippen LogP contribution in [0.25, 0.3) is 0 Å². The molecule has 0 aliphatic carbocycles. The number of carbonyl (C=O) groups excluding carboxylic acids is 1. The van der Waals surface area contributed by atoms with Crippen LogP contribution in [0.5, 0.6) is 0 Å². The first-order valence-electron chi connectivity index (χ1n) is 8.97. The summed E-state index contributed by atoms with van der Waals surface area (Å²) < 4.78 is 0. The number of benzene rings is 3. The maximum absolute atomic E-state index is 13.1. The summed E-state index contributed by atoms with van der Waals surface area (Å²) in [5, 5.41) is 7.06. The van der Waals surface area contributed by atoms with Gasteiger partial charge in [0.1, 0.15) is 6.04 Å². The molecule has 0 saturated heterocycles. The number of anilines is 1. The van der Waals surface area contributed by atoms with Gasteiger partial charge in [-0.2, -0.15) is 0 Å². The molecule has 3 aromatic carbocycles. The molecule has 2 N–H and O–H groups in total. The summed E-state index contributed by atoms with van der Waals surface area (Å²) in [6, 6.07) is 24.9. The third-order valence-corrected chi connectivity index (χ3v) is 4.96. The molecule has 3 rings (SSSR count). The molecular weight excluding hydrogens is 356 g/mol. The lowest BCUT2D eigenvalue weighted by Crippen LogP contribution is -2.34. The predicted molar refractivity (Wildman–Crippen MR) is 112 cm³/mol. The van der Waals surface area contributed by atoms with Crippen molar-refractivity contribution in [2.45, 2.75) is 25.9 Å². The molecule has 138 valence electrons. The van der Waals surface area contributed by atoms with E-state index in [4.69, 9.17) is 11.6 Å². The summed E-state index contributed by atoms with van der Waals surface area (Å²) in [7, 11) is 0. The van der Waals surface area contributed by atoms with Crippen molar-refractivity contribution < 1.29 is 4.79 Å². The Balaban J connectivity index is 1.83. The number of aryl methyl sites for hydroxylation is 1. The van der Waals surface area contributed by atoms with Gasteiger partial charge in [0.15, 0.2) is 0 Å². The molecule has 0 spiro atoms. The van der Waals surface area contributed by atoms with Gasteiger partial charge in [-0.25, -0.2) is 0 Å². The average Bonchev–Trinajstić information content (AvgIpc) is 2.70. The van der Waals surface area contributed by atoms with Gasteiger partial charge in [0.05, 0.1) is 0 Å². The van der Waals surface area contributed by atoms with Gasteiger partial charge >= 0.3 is 0 Å². The molecule has 3 aromatic rings. The van der Waals surface area contributed by atoms with E-state index in [-0.39, 0.29) is 11.9 Å². The van der Waals surface area contributed by atoms with Gasteiger partial charge in [-0.15, -0.1) is 0 Å². The fourth-order valence-electron chi connectivity index (χ4n) is 2.94. The Labute approximate surface area is 165 Å². The van der Waals surface area contributed by atoms with Gasteiger partial charge in [-0.05, 0) is 42.7 Å². The van der Waals surface area contributed by atoms with Crippen molar-refractivity contribution in [1.29, 1.82) is 0 Å². The summed E-state index contributed by atoms with van der Waals surface area (Å²) >= 11 is 6.19. The van der Waals surface area contributed by atoms with E-state index < -0.39 is 6.04 Å². The first-order valence-corrected chi connectivity index (χ1v) is 9.35. The zero-order valence-electron chi connectivity index (χ0n) is 15.4. The highest BCUT2D eigenvalue weighted by molar-refractivity contribution is 6.31. The van der Waals surface area contributed by atoms with E-state index in [2.05, 4.69) is 29.7 Å². The summed E-state index contributed by atoms with van der Waals surface area (Å²) in [6.45, 7) is 3.99. The van der Waals surface area contributed by atoms with Crippen LogP contribution < -0.4 is 10.6 Å². The molecule has 27 heavy (non-hydrogen) atoms. The molecule has 0 bridgehead atoms. The highest BCUT2D eigenvalue weighted by Crippen LogP contribution is 2.24. The first kappa shape index (κ1) is 19.2. The van der Waals surface area contributed by atoms with E-state index in [1.807, 2.05) is 67.6 Å². The zero-order valence-corrected chi connectivity index (χ0v) is 16.2. The second kappa shape index (κ2) is 8.85. The molecule has 0 aliphatic rings. The van der Waals surface area contributed by atoms with E-state index in [9.17, 15) is 4.79 Å². The van der Waals surface area contributed by atoms with Crippen LogP contribution in [0.1, 0.15) is 35.7 Å². The van der Waals surface area contributed by atoms with Crippen molar-refractivity contribution in [3.05, 3.63) is 101 Å². The third kappa shape index (κ3) is 4.97. The minimum atomic E-state index is -0.485. The predicted octanol–water partition coefficient (Wildman–Crippen LogP) is 5.68. The lowest BCUT2D eigenvalue weighted by Gasteiger charge is -2.24. The van der Waals surface area contributed by atoms with Crippen LogP contribution in [0, 0.1) is 6.92 Å². The van der Waals surface area contributed by atoms with E-state index in [0.29, 0.717) is 10.7 Å². The molecule has 2 atom stereocenters. The lowest BCUT2D eigenvalue weighted by atomic mass is 10.0. The second-order valence-electron chi connectivity index (χ2n) is 6.60. The van der Waals surface area contributed by atoms with Gasteiger partial charge in [-0.1, -0.05) is 78.3 Å². The normalized spacial score (nSPS) is 13.0. The number of carbonyl (C=O) groups is 1. The molecule has 1 amide bonds. The van der Waals surface area contributed by atoms with Gasteiger partial charge in [0.25, 0.3) is 0 Å². The molecule has 0 aromatic heterocycles. The third-order valence-electron chi connectivity index (χ3n) is 4.55. The van der Waals surface area contributed by atoms with Crippen LogP contribution in [-0.2, 0) is 4.79 Å². The Morgan fingerprint density at radius 1 is 0.889 bits per heavy atom. The maximum Gasteiger partial charge on any atom is 0.246 e. The Morgan fingerprint density at radius 3 is 2.07 bits per heavy atom. The molecule has 3 nitrogen and oxygen atoms in total. The maximum atomic E-state index is 13.1. The van der Waals surface area contributed by atoms with E-state index in [1.165, 1.54) is 0 Å². The van der Waals surface area contributed by atoms with Crippen molar-refractivity contribution >= 4 is 23.2 Å². The van der Waals surface area contributed by atoms with Gasteiger partial charge in [0, 0.05) is 16.8 Å². The van der Waals surface area contributed by atoms with Crippen molar-refractivity contribution in [2.75, 3.05) is 5.32 Å². The van der Waals surface area contributed by atoms with Crippen LogP contribution in [0.2, 0.25) is 5.02 Å². The zero-order chi connectivity index (χ0) is 19.2. The SMILES string of the molecule is Cc1ccc(NC(=O)[C@@H](N[C@H](C)c2ccccc2)c2ccccc2)cc1Cl. The van der Waals surface area contributed by atoms with Crippen LogP contribution in [0.3, 0.4) is 0 Å². The highest BCUT2D eigenvalue weighted by Gasteiger charge is 2.23. The largest absolute Gasteiger partial charge is 0.324 e. The minimum absolute atomic E-state index is 0.0174. The van der Waals surface area contributed by atoms with E-state index in [1.54, 1.807) is 6.07 Å². The van der Waals surface area contributed by atoms with Gasteiger partial charge < -0.3 is 5.32 Å². The van der Waals surface area contributed by atoms with Gasteiger partial charge in [-0.3, -0.25) is 10.1 Å². The summed E-state index contributed by atoms with van der Waals surface area (Å²) in [5.74, 6) is -0.121. The van der Waals surface area contributed by atoms with Crippen molar-refractivity contribution in [1.82, 2.24) is 5.32 Å². The number of hydrogen-bond acceptors (Lipinski definition) is 2. The Bertz CT molecular complexity index is 897. The number of amides is 1. The van der Waals surface area contributed by atoms with Crippen LogP contribution in [0.4, 0.5) is 5.69 Å². The molecule has 0 radical (unpaired) electrons. The standard InChI is InChI=1S/C23H23ClN2O/c1-16-13-14-20(15-21(16)24)26-23(27)22(19-11-7-4-8-12-19)25-17(2)18-9-5-3-6-10-18/h3-15,17,22,25H,1-2H3,(H,26,27)/t17-,22+/m1/s1. The van der Waals surface area contributed by atoms with Crippen LogP contribution in [0.15, 0.2) is 78.9 Å². The summed E-state index contributed by atoms with van der Waals surface area (Å²) in [6.07, 6.45) is 0. The van der Waals surface area contributed by atoms with Crippen molar-refractivity contribution in [3.8, 4) is 0 Å². The smallest absolute Gasteiger partial charge is 0.246 e. The Hall–Kier alpha value is -2.62. The first-order chi connectivity index (χ1) is 13.0. The number of hydrogen-bond donors (Lipinski definition) is 2. The average molecular weight is 379 g/mol. The molecule has 0 unspecified atom stereocenters. The van der Waals surface area contributed by atoms with Crippen molar-refractivity contribution in [2.24, 2.45) is 0 Å². The molecule has 0 heterocycles. The van der Waals surface area contributed by atoms with Gasteiger partial charge in [0.2, 0.25) is 5.91 Å². The molecule has 0 fully saturated rings. The monoisotopic (exact) mass is 378 g/mol. The molecule has 0 saturated carbocycles. The highest BCUT2D eigenvalue weighted by atomic mass is 35.5. The lowest BCUT2D eigenvalue weighted by molar-refractivity contribution is -0.118. The molecule has 0 aliphatic heterocycles. The Kier molecular flexibility index (Phi) is 6.28. The minimum Gasteiger partial charge on any atom is -0.324 e. The fraction of sp³-hybridized carbons (Fsp3) is 0.174. The molecular formula is C23H23ClN2O. The number of nitrogens with one attached hydrogen (secondary N) is 2. The quantitative estimate of drug-likeness (QED) is 0.579. The topological polar surface area (TPSA) is 41.1 Å². The molecule has 4 heteroatoms. The van der Waals surface area contributed by atoms with Crippen LogP contribution >= 0.6 is 11.6 Å². The Morgan fingerprint density at radius 2 is 1.48 bits per heavy atom. The number of rotatable bonds is 6. The van der Waals surface area contributed by atoms with E-state index in [0.717, 1.165) is 16.7 Å². The van der Waals surface area contributed by atoms with E-state index >= 15 is 0 Å². The number of halogens is 1. The van der Waals surface area contributed by atoms with Crippen molar-refractivity contribution in [3.63, 3.8) is 0 Å². The summed E-state index contributed by atoms with van der Waals surface area (Å²) in [5.41, 5.74) is 3.70. The summed E-state index contributed by atoms with van der Waals surface area (Å²) in [4.78, 5) is 13.1.